The van der Waals surface area contributed by atoms with Gasteiger partial charge in [-0.1, -0.05) is 30.3 Å². The standard InChI is InChI=1S/C15H17NOS2/c1-11-7-8-19-14(11)10-16-15(17)13(18)9-12-5-3-2-4-6-12/h2-8,13,18H,9-10H2,1H3,(H,16,17). The van der Waals surface area contributed by atoms with Crippen molar-refractivity contribution in [2.24, 2.45) is 0 Å². The topological polar surface area (TPSA) is 29.1 Å². The van der Waals surface area contributed by atoms with Gasteiger partial charge >= 0.3 is 0 Å². The quantitative estimate of drug-likeness (QED) is 0.814. The van der Waals surface area contributed by atoms with E-state index in [1.807, 2.05) is 35.7 Å². The Morgan fingerprint density at radius 1 is 1.32 bits per heavy atom. The number of amides is 1. The summed E-state index contributed by atoms with van der Waals surface area (Å²) in [7, 11) is 0. The first kappa shape index (κ1) is 14.2. The highest BCUT2D eigenvalue weighted by molar-refractivity contribution is 7.81. The van der Waals surface area contributed by atoms with Gasteiger partial charge in [-0.05, 0) is 35.9 Å². The van der Waals surface area contributed by atoms with Crippen LogP contribution in [0.1, 0.15) is 16.0 Å². The average molecular weight is 291 g/mol. The van der Waals surface area contributed by atoms with E-state index in [9.17, 15) is 4.79 Å². The van der Waals surface area contributed by atoms with E-state index in [2.05, 4.69) is 30.9 Å². The second-order valence-corrected chi connectivity index (χ2v) is 6.07. The van der Waals surface area contributed by atoms with Crippen LogP contribution >= 0.6 is 24.0 Å². The molecule has 1 aromatic carbocycles. The molecule has 4 heteroatoms. The Labute approximate surface area is 123 Å². The molecule has 0 bridgehead atoms. The summed E-state index contributed by atoms with van der Waals surface area (Å²) in [6, 6.07) is 12.0. The molecule has 0 saturated carbocycles. The molecular weight excluding hydrogens is 274 g/mol. The van der Waals surface area contributed by atoms with Gasteiger partial charge in [-0.25, -0.2) is 0 Å². The Kier molecular flexibility index (Phi) is 5.05. The summed E-state index contributed by atoms with van der Waals surface area (Å²) >= 11 is 6.05. The Morgan fingerprint density at radius 2 is 2.05 bits per heavy atom. The monoisotopic (exact) mass is 291 g/mol. The van der Waals surface area contributed by atoms with Crippen LogP contribution in [-0.2, 0) is 17.8 Å². The number of carbonyl (C=O) groups excluding carboxylic acids is 1. The summed E-state index contributed by atoms with van der Waals surface area (Å²) in [4.78, 5) is 13.2. The van der Waals surface area contributed by atoms with Crippen molar-refractivity contribution in [2.75, 3.05) is 0 Å². The van der Waals surface area contributed by atoms with Gasteiger partial charge < -0.3 is 5.32 Å². The second kappa shape index (κ2) is 6.78. The van der Waals surface area contributed by atoms with Crippen LogP contribution in [0, 0.1) is 6.92 Å². The van der Waals surface area contributed by atoms with E-state index in [1.165, 1.54) is 10.4 Å². The smallest absolute Gasteiger partial charge is 0.233 e. The zero-order valence-corrected chi connectivity index (χ0v) is 12.5. The number of carbonyl (C=O) groups is 1. The summed E-state index contributed by atoms with van der Waals surface area (Å²) in [5.41, 5.74) is 2.36. The maximum Gasteiger partial charge on any atom is 0.233 e. The molecule has 0 aliphatic heterocycles. The minimum absolute atomic E-state index is 0.0139. The first-order valence-electron chi connectivity index (χ1n) is 6.19. The average Bonchev–Trinajstić information content (AvgIpc) is 2.82. The molecule has 0 saturated heterocycles. The molecule has 0 fully saturated rings. The lowest BCUT2D eigenvalue weighted by Gasteiger charge is -2.11. The molecule has 1 amide bonds. The third-order valence-corrected chi connectivity index (χ3v) is 4.41. The lowest BCUT2D eigenvalue weighted by molar-refractivity contribution is -0.120. The Morgan fingerprint density at radius 3 is 2.68 bits per heavy atom. The molecule has 1 aromatic heterocycles. The number of hydrogen-bond acceptors (Lipinski definition) is 3. The van der Waals surface area contributed by atoms with E-state index in [4.69, 9.17) is 0 Å². The lowest BCUT2D eigenvalue weighted by atomic mass is 10.1. The van der Waals surface area contributed by atoms with E-state index in [0.717, 1.165) is 5.56 Å². The summed E-state index contributed by atoms with van der Waals surface area (Å²) in [5, 5.41) is 4.68. The number of benzene rings is 1. The van der Waals surface area contributed by atoms with Gasteiger partial charge in [0.25, 0.3) is 0 Å². The molecule has 2 aromatic rings. The largest absolute Gasteiger partial charge is 0.350 e. The van der Waals surface area contributed by atoms with E-state index in [0.29, 0.717) is 13.0 Å². The van der Waals surface area contributed by atoms with Gasteiger partial charge in [0, 0.05) is 4.88 Å². The van der Waals surface area contributed by atoms with Crippen LogP contribution in [0.25, 0.3) is 0 Å². The van der Waals surface area contributed by atoms with Crippen LogP contribution in [0.4, 0.5) is 0 Å². The van der Waals surface area contributed by atoms with Gasteiger partial charge in [0.2, 0.25) is 5.91 Å². The molecule has 2 nitrogen and oxygen atoms in total. The van der Waals surface area contributed by atoms with Crippen molar-refractivity contribution >= 4 is 29.9 Å². The SMILES string of the molecule is Cc1ccsc1CNC(=O)C(S)Cc1ccccc1. The van der Waals surface area contributed by atoms with Crippen LogP contribution in [0.3, 0.4) is 0 Å². The van der Waals surface area contributed by atoms with Gasteiger partial charge in [0.15, 0.2) is 0 Å². The van der Waals surface area contributed by atoms with E-state index >= 15 is 0 Å². The molecule has 19 heavy (non-hydrogen) atoms. The van der Waals surface area contributed by atoms with E-state index in [-0.39, 0.29) is 11.2 Å². The zero-order valence-electron chi connectivity index (χ0n) is 10.8. The third-order valence-electron chi connectivity index (χ3n) is 2.97. The molecule has 2 rings (SSSR count). The van der Waals surface area contributed by atoms with Crippen molar-refractivity contribution in [2.45, 2.75) is 25.1 Å². The molecule has 1 N–H and O–H groups in total. The maximum absolute atomic E-state index is 12.0. The van der Waals surface area contributed by atoms with Gasteiger partial charge in [-0.2, -0.15) is 12.6 Å². The molecule has 0 spiro atoms. The van der Waals surface area contributed by atoms with Crippen molar-refractivity contribution in [3.8, 4) is 0 Å². The van der Waals surface area contributed by atoms with Crippen molar-refractivity contribution < 1.29 is 4.79 Å². The first-order chi connectivity index (χ1) is 9.16. The van der Waals surface area contributed by atoms with Crippen molar-refractivity contribution in [3.05, 3.63) is 57.8 Å². The maximum atomic E-state index is 12.0. The minimum atomic E-state index is -0.303. The third kappa shape index (κ3) is 4.11. The van der Waals surface area contributed by atoms with Crippen LogP contribution in [-0.4, -0.2) is 11.2 Å². The lowest BCUT2D eigenvalue weighted by Crippen LogP contribution is -2.32. The number of rotatable bonds is 5. The van der Waals surface area contributed by atoms with Gasteiger partial charge in [-0.3, -0.25) is 4.79 Å². The van der Waals surface area contributed by atoms with Crippen molar-refractivity contribution in [1.82, 2.24) is 5.32 Å². The van der Waals surface area contributed by atoms with Gasteiger partial charge in [0.05, 0.1) is 11.8 Å². The number of nitrogens with one attached hydrogen (secondary N) is 1. The molecular formula is C15H17NOS2. The summed E-state index contributed by atoms with van der Waals surface area (Å²) in [5.74, 6) is -0.0139. The minimum Gasteiger partial charge on any atom is -0.350 e. The number of hydrogen-bond donors (Lipinski definition) is 2. The molecule has 100 valence electrons. The molecule has 1 unspecified atom stereocenters. The summed E-state index contributed by atoms with van der Waals surface area (Å²) in [6.45, 7) is 2.65. The molecule has 1 heterocycles. The fraction of sp³-hybridized carbons (Fsp3) is 0.267. The highest BCUT2D eigenvalue weighted by Crippen LogP contribution is 2.15. The van der Waals surface area contributed by atoms with Crippen molar-refractivity contribution in [1.29, 1.82) is 0 Å². The van der Waals surface area contributed by atoms with Crippen LogP contribution < -0.4 is 5.32 Å². The van der Waals surface area contributed by atoms with Crippen molar-refractivity contribution in [3.63, 3.8) is 0 Å². The Hall–Kier alpha value is -1.26. The normalized spacial score (nSPS) is 12.1. The highest BCUT2D eigenvalue weighted by Gasteiger charge is 2.14. The Bertz CT molecular complexity index is 536. The number of thiol groups is 1. The fourth-order valence-electron chi connectivity index (χ4n) is 1.80. The summed E-state index contributed by atoms with van der Waals surface area (Å²) in [6.07, 6.45) is 0.652. The number of thiophene rings is 1. The van der Waals surface area contributed by atoms with E-state index in [1.54, 1.807) is 11.3 Å². The van der Waals surface area contributed by atoms with Crippen LogP contribution in [0.15, 0.2) is 41.8 Å². The predicted octanol–water partition coefficient (Wildman–Crippen LogP) is 3.21. The molecule has 0 radical (unpaired) electrons. The highest BCUT2D eigenvalue weighted by atomic mass is 32.1. The number of aryl methyl sites for hydroxylation is 1. The van der Waals surface area contributed by atoms with Crippen LogP contribution in [0.5, 0.6) is 0 Å². The predicted molar refractivity (Wildman–Crippen MR) is 83.8 cm³/mol. The molecule has 0 aliphatic carbocycles. The summed E-state index contributed by atoms with van der Waals surface area (Å²) < 4.78 is 0. The van der Waals surface area contributed by atoms with E-state index < -0.39 is 0 Å². The molecule has 1 atom stereocenters. The van der Waals surface area contributed by atoms with Gasteiger partial charge in [0.1, 0.15) is 0 Å². The van der Waals surface area contributed by atoms with Crippen LogP contribution in [0.2, 0.25) is 0 Å². The fourth-order valence-corrected chi connectivity index (χ4v) is 2.95. The van der Waals surface area contributed by atoms with Gasteiger partial charge in [-0.15, -0.1) is 11.3 Å². The zero-order chi connectivity index (χ0) is 13.7. The molecule has 0 aliphatic rings. The second-order valence-electron chi connectivity index (χ2n) is 4.45. The Balaban J connectivity index is 1.84. The first-order valence-corrected chi connectivity index (χ1v) is 7.59.